The van der Waals surface area contributed by atoms with E-state index in [4.69, 9.17) is 28.4 Å². The molecule has 17 unspecified atom stereocenters. The van der Waals surface area contributed by atoms with Gasteiger partial charge in [0, 0.05) is 13.3 Å². The number of hydrogen-bond donors (Lipinski definition) is 12. The molecule has 17 atom stereocenters. The van der Waals surface area contributed by atoms with Gasteiger partial charge in [0.2, 0.25) is 11.8 Å². The zero-order valence-electron chi connectivity index (χ0n) is 50.3. The van der Waals surface area contributed by atoms with Crippen LogP contribution < -0.4 is 10.6 Å². The SMILES string of the molecule is CCCCCCCCC=CCCCCCCCCCCCCCC(=O)NC(COC1OC(CO)C(OC2OC(CO)C(OC3OC(CO)C(O)C(O)C3NC(C)=O)C(O)C2O)C(O)C1O)C(O)C=CCCCCCCCCCCCCC. The van der Waals surface area contributed by atoms with Gasteiger partial charge in [0.1, 0.15) is 73.2 Å². The molecule has 0 aliphatic carbocycles. The molecule has 3 heterocycles. The summed E-state index contributed by atoms with van der Waals surface area (Å²) in [4.78, 5) is 25.3. The maximum absolute atomic E-state index is 13.4. The number of aliphatic hydroxyl groups is 10. The minimum absolute atomic E-state index is 0.240. The van der Waals surface area contributed by atoms with E-state index < -0.39 is 130 Å². The Balaban J connectivity index is 1.51. The van der Waals surface area contributed by atoms with E-state index >= 15 is 0 Å². The minimum Gasteiger partial charge on any atom is -0.394 e. The highest BCUT2D eigenvalue weighted by molar-refractivity contribution is 5.76. The molecular weight excluding hydrogens is 1060 g/mol. The number of unbranched alkanes of at least 4 members (excludes halogenated alkanes) is 28. The Kier molecular flexibility index (Phi) is 40.7. The molecule has 3 fully saturated rings. The Hall–Kier alpha value is -2.22. The first-order valence-electron chi connectivity index (χ1n) is 32.1. The van der Waals surface area contributed by atoms with E-state index in [1.165, 1.54) is 148 Å². The average Bonchev–Trinajstić information content (AvgIpc) is 3.58. The molecule has 0 aromatic heterocycles. The summed E-state index contributed by atoms with van der Waals surface area (Å²) in [6.07, 6.45) is 20.7. The number of amides is 2. The van der Waals surface area contributed by atoms with Crippen LogP contribution in [-0.2, 0) is 38.0 Å². The van der Waals surface area contributed by atoms with Gasteiger partial charge in [0.25, 0.3) is 0 Å². The highest BCUT2D eigenvalue weighted by atomic mass is 16.8. The lowest BCUT2D eigenvalue weighted by molar-refractivity contribution is -0.374. The monoisotopic (exact) mass is 1170 g/mol. The maximum Gasteiger partial charge on any atom is 0.220 e. The van der Waals surface area contributed by atoms with E-state index in [1.807, 2.05) is 6.08 Å². The highest BCUT2D eigenvalue weighted by Gasteiger charge is 2.54. The van der Waals surface area contributed by atoms with E-state index in [1.54, 1.807) is 6.08 Å². The first-order chi connectivity index (χ1) is 39.7. The molecule has 0 bridgehead atoms. The summed E-state index contributed by atoms with van der Waals surface area (Å²) in [7, 11) is 0. The second kappa shape index (κ2) is 45.1. The summed E-state index contributed by atoms with van der Waals surface area (Å²) in [5.74, 6) is -0.926. The van der Waals surface area contributed by atoms with Crippen LogP contribution in [0.3, 0.4) is 0 Å². The summed E-state index contributed by atoms with van der Waals surface area (Å²) in [5.41, 5.74) is 0. The zero-order valence-corrected chi connectivity index (χ0v) is 50.3. The quantitative estimate of drug-likeness (QED) is 0.0243. The van der Waals surface area contributed by atoms with Crippen molar-refractivity contribution in [1.29, 1.82) is 0 Å². The van der Waals surface area contributed by atoms with Crippen molar-refractivity contribution in [2.24, 2.45) is 0 Å². The van der Waals surface area contributed by atoms with Crippen molar-refractivity contribution in [1.82, 2.24) is 10.6 Å². The van der Waals surface area contributed by atoms with Crippen LogP contribution in [0.15, 0.2) is 24.3 Å². The molecule has 0 spiro atoms. The largest absolute Gasteiger partial charge is 0.394 e. The van der Waals surface area contributed by atoms with Crippen LogP contribution in [0.4, 0.5) is 0 Å². The summed E-state index contributed by atoms with van der Waals surface area (Å²) >= 11 is 0. The topological polar surface area (TPSA) is 316 Å². The number of carbonyl (C=O) groups is 2. The van der Waals surface area contributed by atoms with E-state index in [-0.39, 0.29) is 18.9 Å². The number of nitrogens with one attached hydrogen (secondary N) is 2. The number of carbonyl (C=O) groups excluding carboxylic acids is 2. The van der Waals surface area contributed by atoms with Gasteiger partial charge in [-0.1, -0.05) is 192 Å². The van der Waals surface area contributed by atoms with Crippen LogP contribution in [0.5, 0.6) is 0 Å². The summed E-state index contributed by atoms with van der Waals surface area (Å²) in [6, 6.07) is -2.41. The van der Waals surface area contributed by atoms with Crippen molar-refractivity contribution in [2.45, 2.75) is 330 Å². The van der Waals surface area contributed by atoms with Gasteiger partial charge in [-0.05, 0) is 44.9 Å². The molecule has 20 heteroatoms. The zero-order chi connectivity index (χ0) is 59.9. The van der Waals surface area contributed by atoms with Crippen LogP contribution in [0.1, 0.15) is 226 Å². The molecule has 20 nitrogen and oxygen atoms in total. The van der Waals surface area contributed by atoms with Gasteiger partial charge >= 0.3 is 0 Å². The van der Waals surface area contributed by atoms with Crippen molar-refractivity contribution in [3.63, 3.8) is 0 Å². The lowest BCUT2D eigenvalue weighted by Crippen LogP contribution is -2.68. The molecule has 3 rings (SSSR count). The van der Waals surface area contributed by atoms with Crippen LogP contribution in [0.2, 0.25) is 0 Å². The molecule has 0 saturated carbocycles. The molecule has 82 heavy (non-hydrogen) atoms. The van der Waals surface area contributed by atoms with Gasteiger partial charge < -0.3 is 90.1 Å². The Bertz CT molecular complexity index is 1660. The van der Waals surface area contributed by atoms with E-state index in [9.17, 15) is 60.7 Å². The summed E-state index contributed by atoms with van der Waals surface area (Å²) in [6.45, 7) is 2.83. The third-order valence-electron chi connectivity index (χ3n) is 16.1. The fourth-order valence-electron chi connectivity index (χ4n) is 11.0. The standard InChI is InChI=1S/C62H114N2O18/c1-4-6-8-10-12-14-16-18-19-20-21-22-23-24-25-27-29-31-33-35-37-39-50(70)64-45(46(69)38-36-34-32-30-28-26-17-15-13-11-9-7-5-2)43-77-61-56(75)54(73)59(48(41-66)79-61)82-62-57(76)55(74)58(49(42-67)80-62)81-60-51(63-44(3)68)53(72)52(71)47(40-65)78-60/h18-19,36,38,45-49,51-62,65-67,69,71-76H,4-17,20-35,37,39-43H2,1-3H3,(H,63,68)(H,64,70). The molecule has 0 radical (unpaired) electrons. The van der Waals surface area contributed by atoms with Crippen molar-refractivity contribution in [3.05, 3.63) is 24.3 Å². The second-order valence-corrected chi connectivity index (χ2v) is 23.3. The number of rotatable bonds is 47. The lowest BCUT2D eigenvalue weighted by atomic mass is 9.95. The predicted molar refractivity (Wildman–Crippen MR) is 312 cm³/mol. The Morgan fingerprint density at radius 3 is 1.32 bits per heavy atom. The number of aliphatic hydroxyl groups excluding tert-OH is 10. The van der Waals surface area contributed by atoms with Crippen molar-refractivity contribution in [3.8, 4) is 0 Å². The minimum atomic E-state index is -1.99. The highest BCUT2D eigenvalue weighted by Crippen LogP contribution is 2.33. The normalized spacial score (nSPS) is 29.6. The van der Waals surface area contributed by atoms with Gasteiger partial charge in [-0.15, -0.1) is 0 Å². The van der Waals surface area contributed by atoms with E-state index in [2.05, 4.69) is 36.6 Å². The van der Waals surface area contributed by atoms with E-state index in [0.29, 0.717) is 6.42 Å². The predicted octanol–water partition coefficient (Wildman–Crippen LogP) is 6.08. The third kappa shape index (κ3) is 28.5. The van der Waals surface area contributed by atoms with E-state index in [0.717, 1.165) is 51.9 Å². The molecule has 3 aliphatic rings. The third-order valence-corrected chi connectivity index (χ3v) is 16.1. The number of hydrogen-bond acceptors (Lipinski definition) is 18. The Morgan fingerprint density at radius 2 is 0.866 bits per heavy atom. The van der Waals surface area contributed by atoms with Crippen molar-refractivity contribution >= 4 is 11.8 Å². The molecular formula is C62H114N2O18. The second-order valence-electron chi connectivity index (χ2n) is 23.3. The van der Waals surface area contributed by atoms with Gasteiger partial charge in [-0.3, -0.25) is 9.59 Å². The molecule has 480 valence electrons. The molecule has 0 aromatic rings. The Morgan fingerprint density at radius 1 is 0.476 bits per heavy atom. The number of allylic oxidation sites excluding steroid dienone is 3. The van der Waals surface area contributed by atoms with Gasteiger partial charge in [0.05, 0.1) is 38.6 Å². The maximum atomic E-state index is 13.4. The van der Waals surface area contributed by atoms with Crippen LogP contribution in [-0.4, -0.2) is 194 Å². The summed E-state index contributed by atoms with van der Waals surface area (Å²) < 4.78 is 34.9. The molecule has 2 amide bonds. The molecule has 3 aliphatic heterocycles. The summed E-state index contributed by atoms with van der Waals surface area (Å²) in [5, 5.41) is 114. The van der Waals surface area contributed by atoms with Crippen molar-refractivity contribution < 1.29 is 89.1 Å². The molecule has 12 N–H and O–H groups in total. The van der Waals surface area contributed by atoms with Crippen molar-refractivity contribution in [2.75, 3.05) is 26.4 Å². The smallest absolute Gasteiger partial charge is 0.220 e. The van der Waals surface area contributed by atoms with Crippen LogP contribution in [0, 0.1) is 0 Å². The fourth-order valence-corrected chi connectivity index (χ4v) is 11.0. The molecule has 0 aromatic carbocycles. The van der Waals surface area contributed by atoms with Gasteiger partial charge in [-0.2, -0.15) is 0 Å². The van der Waals surface area contributed by atoms with Gasteiger partial charge in [-0.25, -0.2) is 0 Å². The van der Waals surface area contributed by atoms with Crippen LogP contribution >= 0.6 is 0 Å². The lowest BCUT2D eigenvalue weighted by Gasteiger charge is -2.48. The molecule has 3 saturated heterocycles. The first-order valence-corrected chi connectivity index (χ1v) is 32.1. The first kappa shape index (κ1) is 74.0. The van der Waals surface area contributed by atoms with Gasteiger partial charge in [0.15, 0.2) is 18.9 Å². The Labute approximate surface area is 491 Å². The average molecular weight is 1180 g/mol. The number of ether oxygens (including phenoxy) is 6. The van der Waals surface area contributed by atoms with Crippen LogP contribution in [0.25, 0.3) is 0 Å². The fraction of sp³-hybridized carbons (Fsp3) is 0.903.